The first kappa shape index (κ1) is 23.2. The highest BCUT2D eigenvalue weighted by Crippen LogP contribution is 2.32. The highest BCUT2D eigenvalue weighted by atomic mass is 35.5. The zero-order valence-corrected chi connectivity index (χ0v) is 19.7. The molecule has 12 heteroatoms. The molecule has 3 heterocycles. The van der Waals surface area contributed by atoms with Crippen LogP contribution < -0.4 is 16.6 Å². The van der Waals surface area contributed by atoms with Crippen LogP contribution >= 0.6 is 23.2 Å². The Labute approximate surface area is 208 Å². The second-order valence-electron chi connectivity index (χ2n) is 8.27. The lowest BCUT2D eigenvalue weighted by atomic mass is 10.1. The molecule has 0 unspecified atom stereocenters. The van der Waals surface area contributed by atoms with Gasteiger partial charge in [0.05, 0.1) is 18.8 Å². The molecule has 0 saturated heterocycles. The van der Waals surface area contributed by atoms with Gasteiger partial charge in [-0.15, -0.1) is 0 Å². The number of hydrogen-bond acceptors (Lipinski definition) is 7. The maximum absolute atomic E-state index is 13.3. The molecule has 1 saturated carbocycles. The topological polar surface area (TPSA) is 148 Å². The number of nitrogens with zero attached hydrogens (tertiary/aromatic N) is 4. The summed E-state index contributed by atoms with van der Waals surface area (Å²) in [6.07, 6.45) is 3.13. The lowest BCUT2D eigenvalue weighted by Crippen LogP contribution is -2.34. The van der Waals surface area contributed by atoms with Crippen molar-refractivity contribution in [3.63, 3.8) is 0 Å². The second-order valence-corrected chi connectivity index (χ2v) is 9.08. The van der Waals surface area contributed by atoms with Crippen LogP contribution in [0.15, 0.2) is 41.3 Å². The van der Waals surface area contributed by atoms with Crippen molar-refractivity contribution in [1.82, 2.24) is 24.5 Å². The first-order valence-corrected chi connectivity index (χ1v) is 11.5. The number of hydrogen-bond donors (Lipinski definition) is 4. The summed E-state index contributed by atoms with van der Waals surface area (Å²) in [5.74, 6) is -1.04. The Kier molecular flexibility index (Phi) is 5.87. The molecule has 1 fully saturated rings. The van der Waals surface area contributed by atoms with Gasteiger partial charge in [-0.05, 0) is 42.7 Å². The van der Waals surface area contributed by atoms with E-state index in [0.717, 1.165) is 17.4 Å². The smallest absolute Gasteiger partial charge is 0.291 e. The van der Waals surface area contributed by atoms with Crippen molar-refractivity contribution in [1.29, 1.82) is 0 Å². The van der Waals surface area contributed by atoms with Crippen molar-refractivity contribution < 1.29 is 15.0 Å². The van der Waals surface area contributed by atoms with E-state index in [2.05, 4.69) is 15.4 Å². The van der Waals surface area contributed by atoms with E-state index in [0.29, 0.717) is 22.4 Å². The van der Waals surface area contributed by atoms with Crippen LogP contribution in [0.3, 0.4) is 0 Å². The third-order valence-electron chi connectivity index (χ3n) is 5.81. The summed E-state index contributed by atoms with van der Waals surface area (Å²) in [5.41, 5.74) is 6.70. The van der Waals surface area contributed by atoms with Gasteiger partial charge in [0, 0.05) is 39.5 Å². The van der Waals surface area contributed by atoms with Gasteiger partial charge in [0.2, 0.25) is 5.88 Å². The molecule has 1 aliphatic carbocycles. The zero-order chi connectivity index (χ0) is 24.9. The number of amides is 1. The number of carbonyl (C=O) groups is 1. The van der Waals surface area contributed by atoms with Gasteiger partial charge in [-0.3, -0.25) is 14.2 Å². The number of nitrogen functional groups attached to an aromatic ring is 1. The summed E-state index contributed by atoms with van der Waals surface area (Å²) in [6, 6.07) is 8.00. The second kappa shape index (κ2) is 8.88. The molecule has 180 valence electrons. The predicted molar refractivity (Wildman–Crippen MR) is 131 cm³/mol. The molecular weight excluding hydrogens is 495 g/mol. The lowest BCUT2D eigenvalue weighted by Gasteiger charge is -2.16. The van der Waals surface area contributed by atoms with Crippen LogP contribution in [-0.4, -0.2) is 41.3 Å². The van der Waals surface area contributed by atoms with Crippen molar-refractivity contribution in [2.75, 3.05) is 5.73 Å². The van der Waals surface area contributed by atoms with Crippen LogP contribution in [0.25, 0.3) is 16.9 Å². The number of aromatic hydroxyl groups is 1. The highest BCUT2D eigenvalue weighted by Gasteiger charge is 2.30. The first-order valence-electron chi connectivity index (χ1n) is 10.7. The van der Waals surface area contributed by atoms with Crippen LogP contribution in [0.2, 0.25) is 10.0 Å². The number of nitrogens with two attached hydrogens (primary N) is 1. The van der Waals surface area contributed by atoms with Gasteiger partial charge < -0.3 is 21.3 Å². The van der Waals surface area contributed by atoms with Gasteiger partial charge in [0.15, 0.2) is 5.56 Å². The van der Waals surface area contributed by atoms with Gasteiger partial charge in [0.1, 0.15) is 11.5 Å². The molecule has 3 aromatic heterocycles. The molecule has 0 atom stereocenters. The number of pyridine rings is 1. The molecule has 1 aliphatic rings. The molecule has 35 heavy (non-hydrogen) atoms. The molecule has 5 rings (SSSR count). The fourth-order valence-corrected chi connectivity index (χ4v) is 4.47. The largest absolute Gasteiger partial charge is 0.494 e. The third-order valence-corrected chi connectivity index (χ3v) is 6.48. The van der Waals surface area contributed by atoms with E-state index in [1.54, 1.807) is 30.3 Å². The van der Waals surface area contributed by atoms with E-state index in [4.69, 9.17) is 28.9 Å². The van der Waals surface area contributed by atoms with Crippen molar-refractivity contribution in [2.45, 2.75) is 32.0 Å². The van der Waals surface area contributed by atoms with E-state index in [-0.39, 0.29) is 40.7 Å². The van der Waals surface area contributed by atoms with E-state index in [1.807, 2.05) is 0 Å². The lowest BCUT2D eigenvalue weighted by molar-refractivity contribution is 0.0944. The van der Waals surface area contributed by atoms with Crippen molar-refractivity contribution in [3.8, 4) is 17.1 Å². The maximum Gasteiger partial charge on any atom is 0.291 e. The Morgan fingerprint density at radius 2 is 1.94 bits per heavy atom. The van der Waals surface area contributed by atoms with Crippen LogP contribution in [0, 0.1) is 0 Å². The minimum Gasteiger partial charge on any atom is -0.494 e. The molecule has 4 aromatic rings. The molecule has 0 spiro atoms. The molecular formula is C23H20Cl2N6O4. The van der Waals surface area contributed by atoms with Gasteiger partial charge in [-0.2, -0.15) is 9.61 Å². The number of carbonyl (C=O) groups excluding carboxylic acids is 1. The third kappa shape index (κ3) is 4.20. The zero-order valence-electron chi connectivity index (χ0n) is 18.2. The Morgan fingerprint density at radius 1 is 1.23 bits per heavy atom. The Morgan fingerprint density at radius 3 is 2.57 bits per heavy atom. The number of rotatable bonds is 6. The number of benzene rings is 1. The molecule has 0 aliphatic heterocycles. The van der Waals surface area contributed by atoms with Gasteiger partial charge in [0.25, 0.3) is 11.5 Å². The predicted octanol–water partition coefficient (Wildman–Crippen LogP) is 2.59. The van der Waals surface area contributed by atoms with Gasteiger partial charge in [-0.25, -0.2) is 4.98 Å². The van der Waals surface area contributed by atoms with Crippen molar-refractivity contribution >= 4 is 40.6 Å². The number of nitrogens with one attached hydrogen (secondary N) is 1. The molecule has 1 amide bonds. The quantitative estimate of drug-likeness (QED) is 0.309. The normalized spacial score (nSPS) is 13.3. The van der Waals surface area contributed by atoms with Crippen LogP contribution in [0.1, 0.15) is 34.3 Å². The van der Waals surface area contributed by atoms with Crippen LogP contribution in [0.4, 0.5) is 5.82 Å². The number of aliphatic hydroxyl groups is 1. The SMILES string of the molecule is Nc1ncccc1-c1cc2n(Cc3c(Cl)cc(CO)cc3Cl)c(O)c(C(=O)NC3CC3)c(=O)n2n1. The molecule has 10 nitrogen and oxygen atoms in total. The van der Waals surface area contributed by atoms with Crippen molar-refractivity contribution in [3.05, 3.63) is 73.6 Å². The van der Waals surface area contributed by atoms with E-state index in [9.17, 15) is 19.8 Å². The summed E-state index contributed by atoms with van der Waals surface area (Å²) in [5, 5.41) is 28.2. The molecule has 0 bridgehead atoms. The van der Waals surface area contributed by atoms with Gasteiger partial charge >= 0.3 is 0 Å². The maximum atomic E-state index is 13.3. The summed E-state index contributed by atoms with van der Waals surface area (Å²) >= 11 is 12.8. The van der Waals surface area contributed by atoms with E-state index >= 15 is 0 Å². The van der Waals surface area contributed by atoms with Crippen molar-refractivity contribution in [2.24, 2.45) is 0 Å². The minimum absolute atomic E-state index is 0.0382. The number of aromatic nitrogens is 4. The van der Waals surface area contributed by atoms with Crippen LogP contribution in [0.5, 0.6) is 5.88 Å². The average Bonchev–Trinajstić information content (AvgIpc) is 3.52. The first-order chi connectivity index (χ1) is 16.8. The fourth-order valence-electron chi connectivity index (χ4n) is 3.82. The van der Waals surface area contributed by atoms with E-state index < -0.39 is 22.9 Å². The summed E-state index contributed by atoms with van der Waals surface area (Å²) < 4.78 is 2.37. The summed E-state index contributed by atoms with van der Waals surface area (Å²) in [4.78, 5) is 30.2. The number of aliphatic hydroxyl groups excluding tert-OH is 1. The monoisotopic (exact) mass is 514 g/mol. The number of fused-ring (bicyclic) bond motifs is 1. The Bertz CT molecular complexity index is 1520. The van der Waals surface area contributed by atoms with Gasteiger partial charge in [-0.1, -0.05) is 23.2 Å². The standard InChI is InChI=1S/C23H20Cl2N6O4/c24-15-6-11(10-32)7-16(25)14(15)9-30-18-8-17(13-2-1-5-27-20(13)26)29-31(18)23(35)19(22(30)34)21(33)28-12-3-4-12/h1-2,5-8,12,32,34H,3-4,9-10H2,(H2,26,27)(H,28,33). The van der Waals surface area contributed by atoms with Crippen LogP contribution in [-0.2, 0) is 13.2 Å². The Balaban J connectivity index is 1.74. The molecule has 1 aromatic carbocycles. The van der Waals surface area contributed by atoms with E-state index in [1.165, 1.54) is 10.8 Å². The minimum atomic E-state index is -0.784. The summed E-state index contributed by atoms with van der Waals surface area (Å²) in [6.45, 7) is -0.340. The Hall–Kier alpha value is -3.60. The number of anilines is 1. The molecule has 0 radical (unpaired) electrons. The average molecular weight is 515 g/mol. The molecule has 5 N–H and O–H groups in total. The number of halogens is 2. The fraction of sp³-hybridized carbons (Fsp3) is 0.217. The summed E-state index contributed by atoms with van der Waals surface area (Å²) in [7, 11) is 0. The highest BCUT2D eigenvalue weighted by molar-refractivity contribution is 6.36.